The zero-order chi connectivity index (χ0) is 10.1. The molecule has 0 aliphatic heterocycles. The van der Waals surface area contributed by atoms with Crippen molar-refractivity contribution in [2.24, 2.45) is 11.3 Å². The maximum Gasteiger partial charge on any atom is 0.222 e. The van der Waals surface area contributed by atoms with Crippen LogP contribution in [0.2, 0.25) is 0 Å². The monoisotopic (exact) mass is 183 g/mol. The van der Waals surface area contributed by atoms with E-state index in [0.29, 0.717) is 11.5 Å². The van der Waals surface area contributed by atoms with E-state index >= 15 is 0 Å². The molecule has 0 heterocycles. The first-order valence-corrected chi connectivity index (χ1v) is 5.24. The quantitative estimate of drug-likeness (QED) is 0.699. The molecule has 1 N–H and O–H groups in total. The summed E-state index contributed by atoms with van der Waals surface area (Å²) in [6, 6.07) is 0.391. The molecule has 1 saturated carbocycles. The highest BCUT2D eigenvalue weighted by molar-refractivity contribution is 5.78. The summed E-state index contributed by atoms with van der Waals surface area (Å²) in [5.74, 6) is 0.302. The van der Waals surface area contributed by atoms with E-state index in [1.165, 1.54) is 12.8 Å². The first kappa shape index (κ1) is 10.6. The summed E-state index contributed by atoms with van der Waals surface area (Å²) in [5, 5.41) is 3.13. The highest BCUT2D eigenvalue weighted by atomic mass is 16.1. The third kappa shape index (κ3) is 2.45. The fourth-order valence-corrected chi connectivity index (χ4v) is 1.93. The molecule has 76 valence electrons. The SMILES string of the molecule is CC(C)C(=O)NC1CCCC1(C)C. The lowest BCUT2D eigenvalue weighted by atomic mass is 9.87. The zero-order valence-electron chi connectivity index (χ0n) is 9.18. The lowest BCUT2D eigenvalue weighted by molar-refractivity contribution is -0.125. The van der Waals surface area contributed by atoms with Gasteiger partial charge in [0, 0.05) is 12.0 Å². The Morgan fingerprint density at radius 1 is 1.46 bits per heavy atom. The summed E-state index contributed by atoms with van der Waals surface area (Å²) in [6.45, 7) is 8.37. The van der Waals surface area contributed by atoms with Crippen molar-refractivity contribution in [3.05, 3.63) is 0 Å². The summed E-state index contributed by atoms with van der Waals surface area (Å²) in [4.78, 5) is 11.5. The van der Waals surface area contributed by atoms with Gasteiger partial charge in [-0.25, -0.2) is 0 Å². The number of amides is 1. The topological polar surface area (TPSA) is 29.1 Å². The first-order chi connectivity index (χ1) is 5.93. The number of hydrogen-bond donors (Lipinski definition) is 1. The van der Waals surface area contributed by atoms with E-state index in [9.17, 15) is 4.79 Å². The molecule has 0 spiro atoms. The van der Waals surface area contributed by atoms with Crippen molar-refractivity contribution in [1.82, 2.24) is 5.32 Å². The molecule has 1 aliphatic rings. The minimum atomic E-state index is 0.108. The van der Waals surface area contributed by atoms with Gasteiger partial charge in [-0.15, -0.1) is 0 Å². The first-order valence-electron chi connectivity index (χ1n) is 5.24. The second kappa shape index (κ2) is 3.69. The maximum atomic E-state index is 11.5. The normalized spacial score (nSPS) is 26.4. The summed E-state index contributed by atoms with van der Waals surface area (Å²) < 4.78 is 0. The maximum absolute atomic E-state index is 11.5. The van der Waals surface area contributed by atoms with E-state index in [1.807, 2.05) is 13.8 Å². The van der Waals surface area contributed by atoms with Gasteiger partial charge in [0.1, 0.15) is 0 Å². The molecule has 0 aromatic rings. The standard InChI is InChI=1S/C11H21NO/c1-8(2)10(13)12-9-6-5-7-11(9,3)4/h8-9H,5-7H2,1-4H3,(H,12,13). The van der Waals surface area contributed by atoms with Crippen molar-refractivity contribution in [3.63, 3.8) is 0 Å². The third-order valence-electron chi connectivity index (χ3n) is 3.10. The Morgan fingerprint density at radius 2 is 2.08 bits per heavy atom. The van der Waals surface area contributed by atoms with Gasteiger partial charge in [-0.1, -0.05) is 34.1 Å². The number of hydrogen-bond acceptors (Lipinski definition) is 1. The van der Waals surface area contributed by atoms with Crippen molar-refractivity contribution in [2.75, 3.05) is 0 Å². The van der Waals surface area contributed by atoms with Gasteiger partial charge < -0.3 is 5.32 Å². The van der Waals surface area contributed by atoms with Crippen molar-refractivity contribution in [3.8, 4) is 0 Å². The van der Waals surface area contributed by atoms with Crippen LogP contribution in [0.3, 0.4) is 0 Å². The Labute approximate surface area is 81.1 Å². The second-order valence-corrected chi connectivity index (χ2v) is 5.10. The van der Waals surface area contributed by atoms with E-state index < -0.39 is 0 Å². The molecule has 2 heteroatoms. The van der Waals surface area contributed by atoms with Crippen LogP contribution in [-0.4, -0.2) is 11.9 Å². The predicted molar refractivity (Wildman–Crippen MR) is 54.4 cm³/mol. The molecule has 0 bridgehead atoms. The smallest absolute Gasteiger partial charge is 0.222 e. The van der Waals surface area contributed by atoms with Crippen molar-refractivity contribution in [2.45, 2.75) is 53.0 Å². The molecule has 1 fully saturated rings. The Bertz CT molecular complexity index is 196. The van der Waals surface area contributed by atoms with Crippen LogP contribution in [0.1, 0.15) is 47.0 Å². The minimum Gasteiger partial charge on any atom is -0.353 e. The Hall–Kier alpha value is -0.530. The Morgan fingerprint density at radius 3 is 2.46 bits per heavy atom. The number of carbonyl (C=O) groups is 1. The molecular weight excluding hydrogens is 162 g/mol. The van der Waals surface area contributed by atoms with E-state index in [2.05, 4.69) is 19.2 Å². The predicted octanol–water partition coefficient (Wildman–Crippen LogP) is 2.34. The van der Waals surface area contributed by atoms with Gasteiger partial charge in [0.05, 0.1) is 0 Å². The molecular formula is C11H21NO. The molecule has 13 heavy (non-hydrogen) atoms. The van der Waals surface area contributed by atoms with E-state index in [1.54, 1.807) is 0 Å². The number of carbonyl (C=O) groups excluding carboxylic acids is 1. The summed E-state index contributed by atoms with van der Waals surface area (Å²) in [5.41, 5.74) is 0.296. The minimum absolute atomic E-state index is 0.108. The lowest BCUT2D eigenvalue weighted by Crippen LogP contribution is -2.43. The van der Waals surface area contributed by atoms with Gasteiger partial charge in [-0.05, 0) is 18.3 Å². The highest BCUT2D eigenvalue weighted by Gasteiger charge is 2.35. The molecule has 1 amide bonds. The van der Waals surface area contributed by atoms with Crippen LogP contribution >= 0.6 is 0 Å². The molecule has 0 aromatic heterocycles. The molecule has 0 radical (unpaired) electrons. The Balaban J connectivity index is 2.50. The number of nitrogens with one attached hydrogen (secondary N) is 1. The number of rotatable bonds is 2. The average molecular weight is 183 g/mol. The van der Waals surface area contributed by atoms with Gasteiger partial charge in [-0.2, -0.15) is 0 Å². The van der Waals surface area contributed by atoms with Crippen LogP contribution in [0.25, 0.3) is 0 Å². The molecule has 0 aromatic carbocycles. The fraction of sp³-hybridized carbons (Fsp3) is 0.909. The lowest BCUT2D eigenvalue weighted by Gasteiger charge is -2.28. The third-order valence-corrected chi connectivity index (χ3v) is 3.10. The van der Waals surface area contributed by atoms with Crippen LogP contribution in [0.4, 0.5) is 0 Å². The molecule has 1 atom stereocenters. The van der Waals surface area contributed by atoms with Crippen LogP contribution in [0.15, 0.2) is 0 Å². The largest absolute Gasteiger partial charge is 0.353 e. The fourth-order valence-electron chi connectivity index (χ4n) is 1.93. The van der Waals surface area contributed by atoms with E-state index in [0.717, 1.165) is 6.42 Å². The van der Waals surface area contributed by atoms with Crippen molar-refractivity contribution < 1.29 is 4.79 Å². The van der Waals surface area contributed by atoms with Crippen LogP contribution in [0, 0.1) is 11.3 Å². The second-order valence-electron chi connectivity index (χ2n) is 5.10. The summed E-state index contributed by atoms with van der Waals surface area (Å²) in [6.07, 6.45) is 3.62. The van der Waals surface area contributed by atoms with Gasteiger partial charge in [-0.3, -0.25) is 4.79 Å². The summed E-state index contributed by atoms with van der Waals surface area (Å²) >= 11 is 0. The molecule has 1 unspecified atom stereocenters. The van der Waals surface area contributed by atoms with E-state index in [4.69, 9.17) is 0 Å². The average Bonchev–Trinajstić information content (AvgIpc) is 2.30. The van der Waals surface area contributed by atoms with Gasteiger partial charge in [0.15, 0.2) is 0 Å². The molecule has 1 aliphatic carbocycles. The Kier molecular flexibility index (Phi) is 2.99. The van der Waals surface area contributed by atoms with E-state index in [-0.39, 0.29) is 11.8 Å². The highest BCUT2D eigenvalue weighted by Crippen LogP contribution is 2.37. The van der Waals surface area contributed by atoms with Crippen LogP contribution in [0.5, 0.6) is 0 Å². The molecule has 2 nitrogen and oxygen atoms in total. The van der Waals surface area contributed by atoms with Crippen molar-refractivity contribution >= 4 is 5.91 Å². The zero-order valence-corrected chi connectivity index (χ0v) is 9.18. The van der Waals surface area contributed by atoms with Crippen molar-refractivity contribution in [1.29, 1.82) is 0 Å². The van der Waals surface area contributed by atoms with Crippen LogP contribution in [-0.2, 0) is 4.79 Å². The molecule has 0 saturated heterocycles. The van der Waals surface area contributed by atoms with Gasteiger partial charge in [0.2, 0.25) is 5.91 Å². The van der Waals surface area contributed by atoms with Gasteiger partial charge in [0.25, 0.3) is 0 Å². The van der Waals surface area contributed by atoms with Crippen LogP contribution < -0.4 is 5.32 Å². The van der Waals surface area contributed by atoms with Gasteiger partial charge >= 0.3 is 0 Å². The summed E-state index contributed by atoms with van der Waals surface area (Å²) in [7, 11) is 0. The molecule has 1 rings (SSSR count).